The fourth-order valence-electron chi connectivity index (χ4n) is 3.97. The molecule has 0 fully saturated rings. The van der Waals surface area contributed by atoms with Gasteiger partial charge >= 0.3 is 0 Å². The van der Waals surface area contributed by atoms with Crippen molar-refractivity contribution in [2.75, 3.05) is 10.6 Å². The number of thioether (sulfide) groups is 1. The van der Waals surface area contributed by atoms with Gasteiger partial charge in [-0.3, -0.25) is 9.59 Å². The molecule has 0 heterocycles. The molecule has 4 nitrogen and oxygen atoms in total. The maximum Gasteiger partial charge on any atom is 0.255 e. The minimum absolute atomic E-state index is 0.181. The van der Waals surface area contributed by atoms with E-state index in [0.29, 0.717) is 27.0 Å². The van der Waals surface area contributed by atoms with Gasteiger partial charge in [0.15, 0.2) is 0 Å². The number of hydrogen-bond donors (Lipinski definition) is 2. The van der Waals surface area contributed by atoms with Crippen LogP contribution in [0, 0.1) is 0 Å². The zero-order chi connectivity index (χ0) is 26.5. The molecule has 5 aromatic rings. The van der Waals surface area contributed by atoms with E-state index in [4.69, 9.17) is 23.2 Å². The number of rotatable bonds is 7. The molecule has 2 N–H and O–H groups in total. The Labute approximate surface area is 235 Å². The van der Waals surface area contributed by atoms with Crippen molar-refractivity contribution in [2.45, 2.75) is 10.1 Å². The third-order valence-corrected chi connectivity index (χ3v) is 7.91. The van der Waals surface area contributed by atoms with Crippen molar-refractivity contribution in [1.29, 1.82) is 0 Å². The zero-order valence-corrected chi connectivity index (χ0v) is 22.4. The van der Waals surface area contributed by atoms with Gasteiger partial charge in [-0.1, -0.05) is 83.9 Å². The van der Waals surface area contributed by atoms with Crippen molar-refractivity contribution in [1.82, 2.24) is 0 Å². The van der Waals surface area contributed by atoms with E-state index in [9.17, 15) is 9.59 Å². The average Bonchev–Trinajstić information content (AvgIpc) is 2.94. The molecular formula is C31H22Cl2N2O2S. The highest BCUT2D eigenvalue weighted by atomic mass is 35.5. The van der Waals surface area contributed by atoms with Crippen LogP contribution in [0.4, 0.5) is 11.4 Å². The molecule has 0 aliphatic heterocycles. The molecule has 0 spiro atoms. The molecule has 1 unspecified atom stereocenters. The summed E-state index contributed by atoms with van der Waals surface area (Å²) in [6, 6.07) is 35.6. The lowest BCUT2D eigenvalue weighted by atomic mass is 10.1. The largest absolute Gasteiger partial charge is 0.325 e. The smallest absolute Gasteiger partial charge is 0.255 e. The van der Waals surface area contributed by atoms with Gasteiger partial charge in [0, 0.05) is 21.8 Å². The van der Waals surface area contributed by atoms with Gasteiger partial charge in [-0.25, -0.2) is 0 Å². The lowest BCUT2D eigenvalue weighted by Gasteiger charge is -2.18. The molecule has 0 bridgehead atoms. The predicted molar refractivity (Wildman–Crippen MR) is 158 cm³/mol. The molecule has 188 valence electrons. The van der Waals surface area contributed by atoms with Gasteiger partial charge in [-0.2, -0.15) is 0 Å². The fraction of sp³-hybridized carbons (Fsp3) is 0.0323. The molecule has 5 aromatic carbocycles. The van der Waals surface area contributed by atoms with E-state index < -0.39 is 5.25 Å². The number of fused-ring (bicyclic) bond motifs is 1. The summed E-state index contributed by atoms with van der Waals surface area (Å²) in [5.41, 5.74) is 2.69. The first kappa shape index (κ1) is 25.9. The van der Waals surface area contributed by atoms with Crippen molar-refractivity contribution >= 4 is 68.9 Å². The summed E-state index contributed by atoms with van der Waals surface area (Å²) in [5.74, 6) is -0.368. The van der Waals surface area contributed by atoms with Gasteiger partial charge < -0.3 is 10.6 Å². The Kier molecular flexibility index (Phi) is 7.99. The Morgan fingerprint density at radius 3 is 2.05 bits per heavy atom. The minimum Gasteiger partial charge on any atom is -0.325 e. The van der Waals surface area contributed by atoms with Gasteiger partial charge in [0.05, 0.1) is 10.0 Å². The first-order valence-electron chi connectivity index (χ1n) is 11.8. The number of hydrogen-bond acceptors (Lipinski definition) is 3. The summed E-state index contributed by atoms with van der Waals surface area (Å²) in [4.78, 5) is 27.0. The highest BCUT2D eigenvalue weighted by Crippen LogP contribution is 2.37. The monoisotopic (exact) mass is 556 g/mol. The first-order chi connectivity index (χ1) is 18.5. The normalized spacial score (nSPS) is 11.6. The van der Waals surface area contributed by atoms with Crippen LogP contribution in [0.2, 0.25) is 10.0 Å². The van der Waals surface area contributed by atoms with E-state index >= 15 is 0 Å². The molecule has 38 heavy (non-hydrogen) atoms. The SMILES string of the molecule is O=C(Nc1ccc(SC(C(=O)Nc2ccc(Cl)c(Cl)c2)c2ccccc2)cc1)c1ccc2ccccc2c1. The zero-order valence-electron chi connectivity index (χ0n) is 20.0. The van der Waals surface area contributed by atoms with Gasteiger partial charge in [0.25, 0.3) is 5.91 Å². The van der Waals surface area contributed by atoms with Crippen LogP contribution in [0.25, 0.3) is 10.8 Å². The van der Waals surface area contributed by atoms with Crippen molar-refractivity contribution in [3.05, 3.63) is 136 Å². The summed E-state index contributed by atoms with van der Waals surface area (Å²) in [6.45, 7) is 0. The number of carbonyl (C=O) groups is 2. The number of benzene rings is 5. The standard InChI is InChI=1S/C31H22Cl2N2O2S/c32-27-17-14-25(19-28(27)33)35-31(37)29(21-7-2-1-3-8-21)38-26-15-12-24(13-16-26)34-30(36)23-11-10-20-6-4-5-9-22(20)18-23/h1-19,29H,(H,34,36)(H,35,37). The van der Waals surface area contributed by atoms with Crippen molar-refractivity contribution in [3.63, 3.8) is 0 Å². The van der Waals surface area contributed by atoms with Crippen LogP contribution < -0.4 is 10.6 Å². The van der Waals surface area contributed by atoms with E-state index in [2.05, 4.69) is 10.6 Å². The van der Waals surface area contributed by atoms with Crippen molar-refractivity contribution in [2.24, 2.45) is 0 Å². The maximum absolute atomic E-state index is 13.3. The van der Waals surface area contributed by atoms with Crippen LogP contribution in [0.15, 0.2) is 120 Å². The Balaban J connectivity index is 1.30. The number of halogens is 2. The number of nitrogens with one attached hydrogen (secondary N) is 2. The fourth-order valence-corrected chi connectivity index (χ4v) is 5.29. The van der Waals surface area contributed by atoms with Crippen LogP contribution in [0.1, 0.15) is 21.2 Å². The molecule has 0 aromatic heterocycles. The molecular weight excluding hydrogens is 535 g/mol. The quantitative estimate of drug-likeness (QED) is 0.197. The third-order valence-electron chi connectivity index (χ3n) is 5.91. The lowest BCUT2D eigenvalue weighted by Crippen LogP contribution is -2.19. The second-order valence-electron chi connectivity index (χ2n) is 8.57. The topological polar surface area (TPSA) is 58.2 Å². The van der Waals surface area contributed by atoms with Crippen molar-refractivity contribution in [3.8, 4) is 0 Å². The summed E-state index contributed by atoms with van der Waals surface area (Å²) in [7, 11) is 0. The second kappa shape index (κ2) is 11.7. The summed E-state index contributed by atoms with van der Waals surface area (Å²) in [5, 5.41) is 8.27. The first-order valence-corrected chi connectivity index (χ1v) is 13.5. The van der Waals surface area contributed by atoms with Crippen LogP contribution in [0.3, 0.4) is 0 Å². The van der Waals surface area contributed by atoms with E-state index in [1.807, 2.05) is 97.1 Å². The molecule has 0 saturated carbocycles. The van der Waals surface area contributed by atoms with E-state index in [0.717, 1.165) is 21.2 Å². The predicted octanol–water partition coefficient (Wildman–Crippen LogP) is 8.87. The maximum atomic E-state index is 13.3. The highest BCUT2D eigenvalue weighted by molar-refractivity contribution is 8.00. The summed E-state index contributed by atoms with van der Waals surface area (Å²) < 4.78 is 0. The molecule has 0 aliphatic carbocycles. The Morgan fingerprint density at radius 2 is 1.32 bits per heavy atom. The minimum atomic E-state index is -0.510. The van der Waals surface area contributed by atoms with Crippen LogP contribution >= 0.6 is 35.0 Å². The molecule has 1 atom stereocenters. The van der Waals surface area contributed by atoms with Gasteiger partial charge in [-0.15, -0.1) is 11.8 Å². The Hall–Kier alpha value is -3.77. The van der Waals surface area contributed by atoms with Crippen molar-refractivity contribution < 1.29 is 9.59 Å². The van der Waals surface area contributed by atoms with Crippen LogP contribution in [-0.4, -0.2) is 11.8 Å². The number of anilines is 2. The highest BCUT2D eigenvalue weighted by Gasteiger charge is 2.22. The summed E-state index contributed by atoms with van der Waals surface area (Å²) in [6.07, 6.45) is 0. The molecule has 2 amide bonds. The molecule has 0 saturated heterocycles. The van der Waals surface area contributed by atoms with Gasteiger partial charge in [0.1, 0.15) is 5.25 Å². The Bertz CT molecular complexity index is 1610. The molecule has 0 aliphatic rings. The van der Waals surface area contributed by atoms with Crippen LogP contribution in [0.5, 0.6) is 0 Å². The average molecular weight is 558 g/mol. The van der Waals surface area contributed by atoms with Gasteiger partial charge in [0.2, 0.25) is 5.91 Å². The number of amides is 2. The number of carbonyl (C=O) groups excluding carboxylic acids is 2. The van der Waals surface area contributed by atoms with Crippen LogP contribution in [-0.2, 0) is 4.79 Å². The second-order valence-corrected chi connectivity index (χ2v) is 10.6. The molecule has 0 radical (unpaired) electrons. The molecule has 7 heteroatoms. The summed E-state index contributed by atoms with van der Waals surface area (Å²) >= 11 is 13.5. The van der Waals surface area contributed by atoms with E-state index in [1.165, 1.54) is 11.8 Å². The third kappa shape index (κ3) is 6.20. The Morgan fingerprint density at radius 1 is 0.632 bits per heavy atom. The van der Waals surface area contributed by atoms with E-state index in [-0.39, 0.29) is 11.8 Å². The lowest BCUT2D eigenvalue weighted by molar-refractivity contribution is -0.115. The van der Waals surface area contributed by atoms with Gasteiger partial charge in [-0.05, 0) is 70.9 Å². The van der Waals surface area contributed by atoms with E-state index in [1.54, 1.807) is 18.2 Å². The molecule has 5 rings (SSSR count).